The highest BCUT2D eigenvalue weighted by Gasteiger charge is 2.62. The summed E-state index contributed by atoms with van der Waals surface area (Å²) in [7, 11) is 0. The zero-order valence-corrected chi connectivity index (χ0v) is 12.8. The van der Waals surface area contributed by atoms with Gasteiger partial charge < -0.3 is 0 Å². The van der Waals surface area contributed by atoms with Gasteiger partial charge in [0.25, 0.3) is 11.8 Å². The van der Waals surface area contributed by atoms with Crippen molar-refractivity contribution in [3.05, 3.63) is 35.1 Å². The van der Waals surface area contributed by atoms with Gasteiger partial charge in [-0.25, -0.2) is 18.2 Å². The lowest BCUT2D eigenvalue weighted by Gasteiger charge is -2.30. The number of benzene rings is 1. The van der Waals surface area contributed by atoms with Crippen LogP contribution in [0.25, 0.3) is 0 Å². The van der Waals surface area contributed by atoms with E-state index in [9.17, 15) is 18.0 Å². The molecule has 0 aliphatic carbocycles. The highest BCUT2D eigenvalue weighted by atomic mass is 19.3. The van der Waals surface area contributed by atoms with Crippen LogP contribution in [0.4, 0.5) is 13.2 Å². The molecule has 4 nitrogen and oxygen atoms in total. The highest BCUT2D eigenvalue weighted by molar-refractivity contribution is 5.86. The van der Waals surface area contributed by atoms with Gasteiger partial charge in [-0.15, -0.1) is 0 Å². The number of carbonyl (C=O) groups excluding carboxylic acids is 1. The van der Waals surface area contributed by atoms with Crippen molar-refractivity contribution in [1.82, 2.24) is 10.0 Å². The molecule has 0 N–H and O–H groups in total. The molecule has 2 saturated heterocycles. The fraction of sp³-hybridized carbons (Fsp3) is 0.500. The maximum Gasteiger partial charge on any atom is 0.260 e. The molecule has 2 atom stereocenters. The number of hydrazine groups is 1. The summed E-state index contributed by atoms with van der Waals surface area (Å²) in [5.74, 6) is -4.39. The average Bonchev–Trinajstić information content (AvgIpc) is 2.97. The Morgan fingerprint density at radius 3 is 2.70 bits per heavy atom. The predicted octanol–water partition coefficient (Wildman–Crippen LogP) is 2.86. The molecular formula is C16H16F3N3O. The van der Waals surface area contributed by atoms with Crippen LogP contribution < -0.4 is 0 Å². The lowest BCUT2D eigenvalue weighted by molar-refractivity contribution is -0.156. The standard InChI is InChI=1S/C16H16F3N3O/c1-15(16(2,18)19)9-21-4-3-13(22(21)14(15)23)11-5-10(8-20)6-12(17)7-11/h5-7,13H,3-4,9H2,1-2H3/t13-,15?/m1/s1. The zero-order chi connectivity index (χ0) is 17.0. The average molecular weight is 323 g/mol. The van der Waals surface area contributed by atoms with E-state index >= 15 is 0 Å². The number of amides is 1. The molecular weight excluding hydrogens is 307 g/mol. The number of alkyl halides is 2. The van der Waals surface area contributed by atoms with E-state index in [-0.39, 0.29) is 12.1 Å². The summed E-state index contributed by atoms with van der Waals surface area (Å²) in [6.45, 7) is 2.39. The summed E-state index contributed by atoms with van der Waals surface area (Å²) in [6, 6.07) is 5.21. The van der Waals surface area contributed by atoms with Crippen LogP contribution in [0.1, 0.15) is 37.4 Å². The van der Waals surface area contributed by atoms with E-state index < -0.39 is 29.1 Å². The Kier molecular flexibility index (Phi) is 3.41. The minimum absolute atomic E-state index is 0.0632. The Morgan fingerprint density at radius 1 is 1.39 bits per heavy atom. The first-order chi connectivity index (χ1) is 10.7. The third kappa shape index (κ3) is 2.29. The first kappa shape index (κ1) is 15.8. The van der Waals surface area contributed by atoms with Crippen LogP contribution >= 0.6 is 0 Å². The van der Waals surface area contributed by atoms with Gasteiger partial charge in [-0.1, -0.05) is 0 Å². The van der Waals surface area contributed by atoms with Gasteiger partial charge in [0.15, 0.2) is 0 Å². The van der Waals surface area contributed by atoms with Crippen molar-refractivity contribution in [2.75, 3.05) is 13.1 Å². The van der Waals surface area contributed by atoms with E-state index in [1.54, 1.807) is 5.01 Å². The molecule has 3 rings (SSSR count). The predicted molar refractivity (Wildman–Crippen MR) is 75.6 cm³/mol. The van der Waals surface area contributed by atoms with Crippen molar-refractivity contribution in [2.24, 2.45) is 5.41 Å². The van der Waals surface area contributed by atoms with Crippen molar-refractivity contribution >= 4 is 5.91 Å². The van der Waals surface area contributed by atoms with Gasteiger partial charge in [0, 0.05) is 20.0 Å². The topological polar surface area (TPSA) is 47.3 Å². The number of hydrogen-bond acceptors (Lipinski definition) is 3. The van der Waals surface area contributed by atoms with Gasteiger partial charge in [0.2, 0.25) is 0 Å². The molecule has 2 aliphatic heterocycles. The lowest BCUT2D eigenvalue weighted by atomic mass is 9.83. The van der Waals surface area contributed by atoms with Crippen molar-refractivity contribution < 1.29 is 18.0 Å². The number of fused-ring (bicyclic) bond motifs is 1. The van der Waals surface area contributed by atoms with Crippen LogP contribution in [0.2, 0.25) is 0 Å². The second kappa shape index (κ2) is 4.96. The van der Waals surface area contributed by atoms with Crippen LogP contribution in [0.5, 0.6) is 0 Å². The molecule has 7 heteroatoms. The van der Waals surface area contributed by atoms with Gasteiger partial charge in [-0.2, -0.15) is 5.26 Å². The van der Waals surface area contributed by atoms with Crippen molar-refractivity contribution in [3.8, 4) is 6.07 Å². The molecule has 1 unspecified atom stereocenters. The molecule has 0 bridgehead atoms. The Balaban J connectivity index is 1.98. The fourth-order valence-corrected chi connectivity index (χ4v) is 3.31. The number of halogens is 3. The summed E-state index contributed by atoms with van der Waals surface area (Å²) in [4.78, 5) is 12.6. The largest absolute Gasteiger partial charge is 0.272 e. The van der Waals surface area contributed by atoms with Crippen LogP contribution in [-0.2, 0) is 4.79 Å². The Morgan fingerprint density at radius 2 is 2.09 bits per heavy atom. The molecule has 0 radical (unpaired) electrons. The quantitative estimate of drug-likeness (QED) is 0.841. The smallest absolute Gasteiger partial charge is 0.260 e. The van der Waals surface area contributed by atoms with Gasteiger partial charge >= 0.3 is 0 Å². The normalized spacial score (nSPS) is 28.1. The molecule has 0 spiro atoms. The number of nitriles is 1. The van der Waals surface area contributed by atoms with E-state index in [4.69, 9.17) is 5.26 Å². The first-order valence-electron chi connectivity index (χ1n) is 7.34. The monoisotopic (exact) mass is 323 g/mol. The third-order valence-electron chi connectivity index (χ3n) is 4.84. The summed E-state index contributed by atoms with van der Waals surface area (Å²) >= 11 is 0. The number of rotatable bonds is 2. The van der Waals surface area contributed by atoms with E-state index in [2.05, 4.69) is 0 Å². The third-order valence-corrected chi connectivity index (χ3v) is 4.84. The maximum absolute atomic E-state index is 13.9. The number of carbonyl (C=O) groups is 1. The zero-order valence-electron chi connectivity index (χ0n) is 12.8. The van der Waals surface area contributed by atoms with Crippen LogP contribution in [0.15, 0.2) is 18.2 Å². The minimum Gasteiger partial charge on any atom is -0.272 e. The molecule has 122 valence electrons. The second-order valence-electron chi connectivity index (χ2n) is 6.45. The van der Waals surface area contributed by atoms with E-state index in [1.165, 1.54) is 24.1 Å². The SMILES string of the molecule is CC(F)(F)C1(C)CN2CC[C@H](c3cc(F)cc(C#N)c3)N2C1=O. The number of nitrogens with zero attached hydrogens (tertiary/aromatic N) is 3. The van der Waals surface area contributed by atoms with Crippen LogP contribution in [-0.4, -0.2) is 34.9 Å². The molecule has 2 aliphatic rings. The molecule has 1 aromatic rings. The maximum atomic E-state index is 13.9. The fourth-order valence-electron chi connectivity index (χ4n) is 3.31. The summed E-state index contributed by atoms with van der Waals surface area (Å²) in [5.41, 5.74) is -1.19. The minimum atomic E-state index is -3.15. The van der Waals surface area contributed by atoms with Gasteiger partial charge in [0.1, 0.15) is 11.2 Å². The molecule has 0 saturated carbocycles. The lowest BCUT2D eigenvalue weighted by Crippen LogP contribution is -2.45. The van der Waals surface area contributed by atoms with Gasteiger partial charge in [0.05, 0.1) is 17.7 Å². The molecule has 1 aromatic carbocycles. The Labute approximate surface area is 132 Å². The van der Waals surface area contributed by atoms with Crippen molar-refractivity contribution in [1.29, 1.82) is 5.26 Å². The van der Waals surface area contributed by atoms with Gasteiger partial charge in [-0.05, 0) is 37.1 Å². The molecule has 2 heterocycles. The summed E-state index contributed by atoms with van der Waals surface area (Å²) in [5, 5.41) is 11.9. The van der Waals surface area contributed by atoms with E-state index in [0.717, 1.165) is 13.0 Å². The first-order valence-corrected chi connectivity index (χ1v) is 7.34. The Bertz CT molecular complexity index is 710. The molecule has 23 heavy (non-hydrogen) atoms. The van der Waals surface area contributed by atoms with Crippen LogP contribution in [0, 0.1) is 22.6 Å². The number of hydrogen-bond donors (Lipinski definition) is 0. The van der Waals surface area contributed by atoms with Crippen molar-refractivity contribution in [3.63, 3.8) is 0 Å². The summed E-state index contributed by atoms with van der Waals surface area (Å²) < 4.78 is 41.5. The summed E-state index contributed by atoms with van der Waals surface area (Å²) in [6.07, 6.45) is 0.519. The van der Waals surface area contributed by atoms with Crippen molar-refractivity contribution in [2.45, 2.75) is 32.2 Å². The van der Waals surface area contributed by atoms with E-state index in [0.29, 0.717) is 18.5 Å². The highest BCUT2D eigenvalue weighted by Crippen LogP contribution is 2.48. The molecule has 2 fully saturated rings. The van der Waals surface area contributed by atoms with E-state index in [1.807, 2.05) is 6.07 Å². The molecule has 1 amide bonds. The Hall–Kier alpha value is -2.07. The van der Waals surface area contributed by atoms with Gasteiger partial charge in [-0.3, -0.25) is 9.80 Å². The van der Waals surface area contributed by atoms with Crippen LogP contribution in [0.3, 0.4) is 0 Å². The second-order valence-corrected chi connectivity index (χ2v) is 6.45. The molecule has 0 aromatic heterocycles.